The molecule has 1 atom stereocenters. The van der Waals surface area contributed by atoms with Gasteiger partial charge in [-0.05, 0) is 75.9 Å². The van der Waals surface area contributed by atoms with Gasteiger partial charge in [0.15, 0.2) is 11.0 Å². The first-order valence-corrected chi connectivity index (χ1v) is 13.0. The van der Waals surface area contributed by atoms with Crippen molar-refractivity contribution in [2.75, 3.05) is 25.4 Å². The number of hydrogen-bond acceptors (Lipinski definition) is 6. The molecule has 0 bridgehead atoms. The van der Waals surface area contributed by atoms with Crippen molar-refractivity contribution >= 4 is 11.8 Å². The van der Waals surface area contributed by atoms with Gasteiger partial charge in [0, 0.05) is 19.0 Å². The maximum Gasteiger partial charge on any atom is 0.416 e. The topological polar surface area (TPSA) is 59.7 Å². The molecule has 1 aliphatic rings. The zero-order valence-corrected chi connectivity index (χ0v) is 20.9. The summed E-state index contributed by atoms with van der Waals surface area (Å²) in [5.74, 6) is 1.96. The van der Waals surface area contributed by atoms with Crippen LogP contribution in [0, 0.1) is 6.92 Å². The molecule has 10 heteroatoms. The van der Waals surface area contributed by atoms with Crippen molar-refractivity contribution in [3.63, 3.8) is 0 Å². The summed E-state index contributed by atoms with van der Waals surface area (Å²) in [5.41, 5.74) is 2.00. The van der Waals surface area contributed by atoms with E-state index in [1.54, 1.807) is 36.3 Å². The van der Waals surface area contributed by atoms with Crippen molar-refractivity contribution in [3.8, 4) is 11.5 Å². The van der Waals surface area contributed by atoms with E-state index in [4.69, 9.17) is 0 Å². The lowest BCUT2D eigenvalue weighted by atomic mass is 9.88. The highest BCUT2D eigenvalue weighted by Gasteiger charge is 2.30. The van der Waals surface area contributed by atoms with Gasteiger partial charge in [0.25, 0.3) is 0 Å². The van der Waals surface area contributed by atoms with Gasteiger partial charge >= 0.3 is 6.18 Å². The number of benzene rings is 1. The first-order valence-electron chi connectivity index (χ1n) is 12.0. The van der Waals surface area contributed by atoms with Gasteiger partial charge in [-0.25, -0.2) is 4.98 Å². The molecule has 0 amide bonds. The molecule has 1 saturated heterocycles. The highest BCUT2D eigenvalue weighted by molar-refractivity contribution is 7.99. The number of alkyl halides is 3. The molecule has 1 aromatic carbocycles. The molecule has 3 heterocycles. The van der Waals surface area contributed by atoms with Gasteiger partial charge in [-0.15, -0.1) is 10.2 Å². The fraction of sp³-hybridized carbons (Fsp3) is 0.520. The van der Waals surface area contributed by atoms with E-state index in [0.29, 0.717) is 11.7 Å². The van der Waals surface area contributed by atoms with E-state index in [2.05, 4.69) is 25.1 Å². The maximum atomic E-state index is 12.9. The van der Waals surface area contributed by atoms with Gasteiger partial charge in [-0.1, -0.05) is 30.3 Å². The van der Waals surface area contributed by atoms with Gasteiger partial charge in [0.05, 0.1) is 17.5 Å². The Labute approximate surface area is 208 Å². The fourth-order valence-electron chi connectivity index (χ4n) is 4.51. The molecular weight excluding hydrogens is 473 g/mol. The predicted octanol–water partition coefficient (Wildman–Crippen LogP) is 5.74. The smallest absolute Gasteiger partial charge is 0.304 e. The van der Waals surface area contributed by atoms with E-state index in [1.165, 1.54) is 12.1 Å². The Bertz CT molecular complexity index is 1100. The first kappa shape index (κ1) is 25.6. The highest BCUT2D eigenvalue weighted by atomic mass is 32.2. The summed E-state index contributed by atoms with van der Waals surface area (Å²) < 4.78 is 40.6. The molecule has 35 heavy (non-hydrogen) atoms. The van der Waals surface area contributed by atoms with Crippen LogP contribution in [-0.2, 0) is 13.2 Å². The van der Waals surface area contributed by atoms with E-state index in [9.17, 15) is 13.2 Å². The first-order chi connectivity index (χ1) is 16.8. The Morgan fingerprint density at radius 3 is 2.57 bits per heavy atom. The lowest BCUT2D eigenvalue weighted by Crippen LogP contribution is -2.30. The van der Waals surface area contributed by atoms with Crippen LogP contribution in [0.25, 0.3) is 11.5 Å². The van der Waals surface area contributed by atoms with Crippen LogP contribution in [0.3, 0.4) is 0 Å². The van der Waals surface area contributed by atoms with Crippen molar-refractivity contribution in [2.45, 2.75) is 56.3 Å². The number of hydrogen-bond donors (Lipinski definition) is 0. The molecule has 2 aromatic heterocycles. The Morgan fingerprint density at radius 2 is 1.83 bits per heavy atom. The summed E-state index contributed by atoms with van der Waals surface area (Å²) in [5, 5.41) is 9.47. The molecule has 4 rings (SSSR count). The third kappa shape index (κ3) is 6.82. The third-order valence-corrected chi connectivity index (χ3v) is 7.56. The standard InChI is InChI=1S/C25H31F3N6S/c1-18-16-29-17-22(30-18)23-31-32-24(33(23)2)35-15-5-13-34-12-4-3-6-19(11-14-34)20-7-9-21(10-8-20)25(26,27)28/h7-10,16-17,19H,3-6,11-15H2,1-2H3. The normalized spacial score (nSPS) is 17.8. The van der Waals surface area contributed by atoms with Crippen molar-refractivity contribution in [3.05, 3.63) is 53.5 Å². The van der Waals surface area contributed by atoms with Gasteiger partial charge in [-0.3, -0.25) is 4.98 Å². The molecule has 3 aromatic rings. The van der Waals surface area contributed by atoms with Gasteiger partial charge < -0.3 is 9.47 Å². The van der Waals surface area contributed by atoms with Crippen LogP contribution in [0.15, 0.2) is 41.8 Å². The van der Waals surface area contributed by atoms with Gasteiger partial charge in [-0.2, -0.15) is 13.2 Å². The summed E-state index contributed by atoms with van der Waals surface area (Å²) in [6, 6.07) is 5.75. The van der Waals surface area contributed by atoms with Crippen LogP contribution in [0.4, 0.5) is 13.2 Å². The quantitative estimate of drug-likeness (QED) is 0.302. The Balaban J connectivity index is 1.25. The van der Waals surface area contributed by atoms with E-state index < -0.39 is 11.7 Å². The Hall–Kier alpha value is -2.46. The monoisotopic (exact) mass is 504 g/mol. The molecule has 0 radical (unpaired) electrons. The Kier molecular flexibility index (Phi) is 8.43. The van der Waals surface area contributed by atoms with Crippen LogP contribution >= 0.6 is 11.8 Å². The van der Waals surface area contributed by atoms with Crippen LogP contribution in [0.5, 0.6) is 0 Å². The highest BCUT2D eigenvalue weighted by Crippen LogP contribution is 2.33. The van der Waals surface area contributed by atoms with Crippen molar-refractivity contribution in [1.82, 2.24) is 29.6 Å². The lowest BCUT2D eigenvalue weighted by molar-refractivity contribution is -0.137. The summed E-state index contributed by atoms with van der Waals surface area (Å²) in [4.78, 5) is 11.2. The molecule has 1 unspecified atom stereocenters. The zero-order chi connectivity index (χ0) is 24.8. The maximum absolute atomic E-state index is 12.9. The summed E-state index contributed by atoms with van der Waals surface area (Å²) >= 11 is 1.69. The molecule has 1 fully saturated rings. The SMILES string of the molecule is Cc1cncc(-c2nnc(SCCCN3CCCCC(c4ccc(C(F)(F)F)cc4)CC3)n2C)n1. The number of halogens is 3. The van der Waals surface area contributed by atoms with Crippen molar-refractivity contribution in [2.24, 2.45) is 7.05 Å². The molecular formula is C25H31F3N6S. The van der Waals surface area contributed by atoms with Crippen LogP contribution < -0.4 is 0 Å². The minimum atomic E-state index is -4.28. The van der Waals surface area contributed by atoms with Gasteiger partial charge in [0.2, 0.25) is 0 Å². The Morgan fingerprint density at radius 1 is 1.03 bits per heavy atom. The molecule has 6 nitrogen and oxygen atoms in total. The van der Waals surface area contributed by atoms with Gasteiger partial charge in [0.1, 0.15) is 5.69 Å². The molecule has 0 saturated carbocycles. The molecule has 0 spiro atoms. The second-order valence-electron chi connectivity index (χ2n) is 9.06. The molecule has 0 N–H and O–H groups in total. The molecule has 1 aliphatic heterocycles. The minimum absolute atomic E-state index is 0.316. The fourth-order valence-corrected chi connectivity index (χ4v) is 5.34. The number of likely N-dealkylation sites (tertiary alicyclic amines) is 1. The van der Waals surface area contributed by atoms with Crippen LogP contribution in [-0.4, -0.2) is 55.0 Å². The van der Waals surface area contributed by atoms with E-state index in [-0.39, 0.29) is 0 Å². The summed E-state index contributed by atoms with van der Waals surface area (Å²) in [6.45, 7) is 4.95. The largest absolute Gasteiger partial charge is 0.416 e. The number of rotatable bonds is 7. The molecule has 0 aliphatic carbocycles. The minimum Gasteiger partial charge on any atom is -0.304 e. The van der Waals surface area contributed by atoms with E-state index in [0.717, 1.165) is 79.6 Å². The number of nitrogens with zero attached hydrogens (tertiary/aromatic N) is 6. The zero-order valence-electron chi connectivity index (χ0n) is 20.1. The second kappa shape index (κ2) is 11.5. The average molecular weight is 505 g/mol. The summed E-state index contributed by atoms with van der Waals surface area (Å²) in [6.07, 6.45) is 4.39. The number of thioether (sulfide) groups is 1. The van der Waals surface area contributed by atoms with E-state index in [1.807, 2.05) is 18.5 Å². The second-order valence-corrected chi connectivity index (χ2v) is 10.1. The van der Waals surface area contributed by atoms with Crippen molar-refractivity contribution in [1.29, 1.82) is 0 Å². The summed E-state index contributed by atoms with van der Waals surface area (Å²) in [7, 11) is 1.95. The lowest BCUT2D eigenvalue weighted by Gasteiger charge is -2.28. The number of aryl methyl sites for hydroxylation is 1. The average Bonchev–Trinajstić information content (AvgIpc) is 3.18. The van der Waals surface area contributed by atoms with Crippen molar-refractivity contribution < 1.29 is 13.2 Å². The molecule has 188 valence electrons. The number of aromatic nitrogens is 5. The van der Waals surface area contributed by atoms with E-state index >= 15 is 0 Å². The third-order valence-electron chi connectivity index (χ3n) is 6.45. The predicted molar refractivity (Wildman–Crippen MR) is 131 cm³/mol. The van der Waals surface area contributed by atoms with Crippen LogP contribution in [0.1, 0.15) is 54.8 Å². The van der Waals surface area contributed by atoms with Crippen LogP contribution in [0.2, 0.25) is 0 Å².